The predicted octanol–water partition coefficient (Wildman–Crippen LogP) is 0.761. The van der Waals surface area contributed by atoms with E-state index in [4.69, 9.17) is 4.74 Å². The summed E-state index contributed by atoms with van der Waals surface area (Å²) in [4.78, 5) is 10.7. The van der Waals surface area contributed by atoms with Gasteiger partial charge in [0.15, 0.2) is 0 Å². The molecule has 1 aliphatic rings. The molecule has 5 nitrogen and oxygen atoms in total. The van der Waals surface area contributed by atoms with E-state index in [9.17, 15) is 5.11 Å². The van der Waals surface area contributed by atoms with Gasteiger partial charge in [-0.15, -0.1) is 0 Å². The molecule has 0 spiro atoms. The van der Waals surface area contributed by atoms with E-state index < -0.39 is 0 Å². The van der Waals surface area contributed by atoms with Crippen molar-refractivity contribution in [3.8, 4) is 0 Å². The topological polar surface area (TPSA) is 58.5 Å². The summed E-state index contributed by atoms with van der Waals surface area (Å²) in [6.45, 7) is 5.85. The number of rotatable bonds is 3. The highest BCUT2D eigenvalue weighted by Gasteiger charge is 2.25. The molecule has 0 saturated carbocycles. The third-order valence-corrected chi connectivity index (χ3v) is 2.90. The SMILES string of the molecule is Cc1nccc(N2CCOCC2CC(C)O)n1. The number of aromatic nitrogens is 2. The van der Waals surface area contributed by atoms with Crippen molar-refractivity contribution in [2.75, 3.05) is 24.7 Å². The van der Waals surface area contributed by atoms with Crippen molar-refractivity contribution >= 4 is 5.82 Å². The quantitative estimate of drug-likeness (QED) is 0.841. The molecule has 1 saturated heterocycles. The summed E-state index contributed by atoms with van der Waals surface area (Å²) in [5.41, 5.74) is 0. The van der Waals surface area contributed by atoms with Crippen LogP contribution in [0.2, 0.25) is 0 Å². The molecule has 1 N–H and O–H groups in total. The first-order valence-corrected chi connectivity index (χ1v) is 5.99. The van der Waals surface area contributed by atoms with E-state index in [2.05, 4.69) is 14.9 Å². The van der Waals surface area contributed by atoms with Crippen molar-refractivity contribution < 1.29 is 9.84 Å². The molecule has 2 rings (SSSR count). The largest absolute Gasteiger partial charge is 0.393 e. The minimum atomic E-state index is -0.327. The molecule has 0 aromatic carbocycles. The predicted molar refractivity (Wildman–Crippen MR) is 65.0 cm³/mol. The summed E-state index contributed by atoms with van der Waals surface area (Å²) in [7, 11) is 0. The smallest absolute Gasteiger partial charge is 0.132 e. The Hall–Kier alpha value is -1.20. The van der Waals surface area contributed by atoms with Crippen molar-refractivity contribution in [1.29, 1.82) is 0 Å². The fourth-order valence-corrected chi connectivity index (χ4v) is 2.15. The number of hydrogen-bond acceptors (Lipinski definition) is 5. The molecule has 0 aliphatic carbocycles. The summed E-state index contributed by atoms with van der Waals surface area (Å²) >= 11 is 0. The lowest BCUT2D eigenvalue weighted by Gasteiger charge is -2.37. The summed E-state index contributed by atoms with van der Waals surface area (Å²) in [6.07, 6.45) is 2.14. The molecule has 1 aromatic rings. The lowest BCUT2D eigenvalue weighted by Crippen LogP contribution is -2.47. The second-order valence-corrected chi connectivity index (χ2v) is 4.47. The normalized spacial score (nSPS) is 22.5. The number of morpholine rings is 1. The van der Waals surface area contributed by atoms with Gasteiger partial charge in [0.05, 0.1) is 25.4 Å². The fourth-order valence-electron chi connectivity index (χ4n) is 2.15. The van der Waals surface area contributed by atoms with Crippen LogP contribution in [-0.4, -0.2) is 47.0 Å². The zero-order valence-electron chi connectivity index (χ0n) is 10.3. The standard InChI is InChI=1S/C12H19N3O2/c1-9(16)7-11-8-17-6-5-15(11)12-3-4-13-10(2)14-12/h3-4,9,11,16H,5-8H2,1-2H3. The van der Waals surface area contributed by atoms with Crippen LogP contribution in [0.3, 0.4) is 0 Å². The number of nitrogens with zero attached hydrogens (tertiary/aromatic N) is 3. The molecular weight excluding hydrogens is 218 g/mol. The lowest BCUT2D eigenvalue weighted by atomic mass is 10.1. The van der Waals surface area contributed by atoms with Crippen molar-refractivity contribution in [2.45, 2.75) is 32.4 Å². The molecule has 1 aliphatic heterocycles. The Morgan fingerprint density at radius 3 is 3.18 bits per heavy atom. The van der Waals surface area contributed by atoms with Crippen molar-refractivity contribution in [3.63, 3.8) is 0 Å². The molecular formula is C12H19N3O2. The summed E-state index contributed by atoms with van der Waals surface area (Å²) in [5.74, 6) is 1.69. The molecule has 0 amide bonds. The van der Waals surface area contributed by atoms with Gasteiger partial charge in [0, 0.05) is 12.7 Å². The van der Waals surface area contributed by atoms with Crippen LogP contribution in [0.15, 0.2) is 12.3 Å². The van der Waals surface area contributed by atoms with Crippen LogP contribution in [0.1, 0.15) is 19.2 Å². The van der Waals surface area contributed by atoms with Crippen LogP contribution in [0, 0.1) is 6.92 Å². The molecule has 1 fully saturated rings. The van der Waals surface area contributed by atoms with Gasteiger partial charge in [0.1, 0.15) is 11.6 Å². The van der Waals surface area contributed by atoms with E-state index in [0.717, 1.165) is 18.2 Å². The Kier molecular flexibility index (Phi) is 3.91. The molecule has 2 atom stereocenters. The average molecular weight is 237 g/mol. The maximum atomic E-state index is 9.51. The first-order chi connectivity index (χ1) is 8.16. The molecule has 2 heterocycles. The average Bonchev–Trinajstić information content (AvgIpc) is 2.29. The summed E-state index contributed by atoms with van der Waals surface area (Å²) < 4.78 is 5.47. The van der Waals surface area contributed by atoms with Crippen LogP contribution in [0.25, 0.3) is 0 Å². The van der Waals surface area contributed by atoms with Gasteiger partial charge in [-0.05, 0) is 26.3 Å². The molecule has 0 radical (unpaired) electrons. The van der Waals surface area contributed by atoms with Crippen molar-refractivity contribution in [2.24, 2.45) is 0 Å². The Morgan fingerprint density at radius 2 is 2.47 bits per heavy atom. The summed E-state index contributed by atoms with van der Waals surface area (Å²) in [6, 6.07) is 2.10. The molecule has 0 bridgehead atoms. The summed E-state index contributed by atoms with van der Waals surface area (Å²) in [5, 5.41) is 9.51. The van der Waals surface area contributed by atoms with Crippen LogP contribution in [0.5, 0.6) is 0 Å². The number of ether oxygens (including phenoxy) is 1. The first-order valence-electron chi connectivity index (χ1n) is 5.99. The van der Waals surface area contributed by atoms with Crippen LogP contribution < -0.4 is 4.90 Å². The Balaban J connectivity index is 2.15. The zero-order valence-corrected chi connectivity index (χ0v) is 10.3. The van der Waals surface area contributed by atoms with E-state index in [0.29, 0.717) is 19.6 Å². The van der Waals surface area contributed by atoms with E-state index >= 15 is 0 Å². The van der Waals surface area contributed by atoms with E-state index in [1.165, 1.54) is 0 Å². The van der Waals surface area contributed by atoms with E-state index in [-0.39, 0.29) is 12.1 Å². The van der Waals surface area contributed by atoms with E-state index in [1.807, 2.05) is 13.0 Å². The third-order valence-electron chi connectivity index (χ3n) is 2.90. The number of aliphatic hydroxyl groups is 1. The van der Waals surface area contributed by atoms with Crippen molar-refractivity contribution in [3.05, 3.63) is 18.1 Å². The highest BCUT2D eigenvalue weighted by molar-refractivity contribution is 5.39. The van der Waals surface area contributed by atoms with Gasteiger partial charge in [0.2, 0.25) is 0 Å². The molecule has 94 valence electrons. The second kappa shape index (κ2) is 5.42. The number of hydrogen-bond donors (Lipinski definition) is 1. The minimum absolute atomic E-state index is 0.193. The number of aryl methyl sites for hydroxylation is 1. The van der Waals surface area contributed by atoms with Crippen LogP contribution >= 0.6 is 0 Å². The molecule has 2 unspecified atom stereocenters. The second-order valence-electron chi connectivity index (χ2n) is 4.47. The Morgan fingerprint density at radius 1 is 1.65 bits per heavy atom. The van der Waals surface area contributed by atoms with Gasteiger partial charge < -0.3 is 14.7 Å². The third kappa shape index (κ3) is 3.14. The fraction of sp³-hybridized carbons (Fsp3) is 0.667. The van der Waals surface area contributed by atoms with Gasteiger partial charge in [-0.3, -0.25) is 0 Å². The monoisotopic (exact) mass is 237 g/mol. The highest BCUT2D eigenvalue weighted by atomic mass is 16.5. The van der Waals surface area contributed by atoms with Gasteiger partial charge >= 0.3 is 0 Å². The number of aliphatic hydroxyl groups excluding tert-OH is 1. The Bertz CT molecular complexity index is 371. The minimum Gasteiger partial charge on any atom is -0.393 e. The van der Waals surface area contributed by atoms with Gasteiger partial charge in [-0.2, -0.15) is 0 Å². The molecule has 17 heavy (non-hydrogen) atoms. The molecule has 5 heteroatoms. The first kappa shape index (κ1) is 12.3. The number of anilines is 1. The Labute approximate surface area is 101 Å². The maximum Gasteiger partial charge on any atom is 0.132 e. The van der Waals surface area contributed by atoms with Gasteiger partial charge in [-0.1, -0.05) is 0 Å². The molecule has 1 aromatic heterocycles. The van der Waals surface area contributed by atoms with Gasteiger partial charge in [-0.25, -0.2) is 9.97 Å². The van der Waals surface area contributed by atoms with Crippen LogP contribution in [0.4, 0.5) is 5.82 Å². The maximum absolute atomic E-state index is 9.51. The van der Waals surface area contributed by atoms with Crippen molar-refractivity contribution in [1.82, 2.24) is 9.97 Å². The highest BCUT2D eigenvalue weighted by Crippen LogP contribution is 2.19. The van der Waals surface area contributed by atoms with Gasteiger partial charge in [0.25, 0.3) is 0 Å². The zero-order chi connectivity index (χ0) is 12.3. The lowest BCUT2D eigenvalue weighted by molar-refractivity contribution is 0.0718. The van der Waals surface area contributed by atoms with Crippen LogP contribution in [-0.2, 0) is 4.74 Å². The van der Waals surface area contributed by atoms with E-state index in [1.54, 1.807) is 13.1 Å².